The Morgan fingerprint density at radius 1 is 1.21 bits per heavy atom. The second kappa shape index (κ2) is 6.40. The molecule has 19 heavy (non-hydrogen) atoms. The average molecular weight is 271 g/mol. The fourth-order valence-corrected chi connectivity index (χ4v) is 1.98. The average Bonchev–Trinajstić information content (AvgIpc) is 2.76. The lowest BCUT2D eigenvalue weighted by Crippen LogP contribution is -2.53. The number of aliphatic carboxylic acids is 1. The highest BCUT2D eigenvalue weighted by Crippen LogP contribution is 2.17. The van der Waals surface area contributed by atoms with E-state index in [9.17, 15) is 14.4 Å². The van der Waals surface area contributed by atoms with Crippen LogP contribution < -0.4 is 10.6 Å². The number of hydrogen-bond acceptors (Lipinski definition) is 3. The number of rotatable bonds is 4. The Balaban J connectivity index is 2.63. The van der Waals surface area contributed by atoms with Crippen LogP contribution in [0.15, 0.2) is 0 Å². The number of nitrogens with zero attached hydrogens (tertiary/aromatic N) is 1. The maximum absolute atomic E-state index is 12.0. The van der Waals surface area contributed by atoms with Crippen molar-refractivity contribution in [3.05, 3.63) is 0 Å². The summed E-state index contributed by atoms with van der Waals surface area (Å²) in [5.74, 6) is -1.50. The van der Waals surface area contributed by atoms with E-state index in [0.717, 1.165) is 6.42 Å². The van der Waals surface area contributed by atoms with Crippen LogP contribution in [0, 0.1) is 0 Å². The molecule has 1 heterocycles. The summed E-state index contributed by atoms with van der Waals surface area (Å²) >= 11 is 0. The van der Waals surface area contributed by atoms with Crippen molar-refractivity contribution < 1.29 is 19.5 Å². The molecule has 0 aromatic carbocycles. The Bertz CT molecular complexity index is 370. The highest BCUT2D eigenvalue weighted by atomic mass is 16.4. The molecule has 3 amide bonds. The van der Waals surface area contributed by atoms with E-state index in [1.54, 1.807) is 0 Å². The van der Waals surface area contributed by atoms with Gasteiger partial charge in [0.1, 0.15) is 12.1 Å². The quantitative estimate of drug-likeness (QED) is 0.678. The Labute approximate surface area is 112 Å². The summed E-state index contributed by atoms with van der Waals surface area (Å²) in [4.78, 5) is 36.0. The van der Waals surface area contributed by atoms with Gasteiger partial charge in [0.05, 0.1) is 0 Å². The molecular weight excluding hydrogens is 250 g/mol. The number of urea groups is 1. The molecule has 0 aliphatic carbocycles. The van der Waals surface area contributed by atoms with Gasteiger partial charge in [0.15, 0.2) is 0 Å². The molecule has 1 saturated heterocycles. The number of likely N-dealkylation sites (tertiary alicyclic amines) is 1. The topological polar surface area (TPSA) is 98.7 Å². The lowest BCUT2D eigenvalue weighted by Gasteiger charge is -2.25. The number of carboxylic acids is 1. The van der Waals surface area contributed by atoms with Gasteiger partial charge in [0, 0.05) is 12.6 Å². The van der Waals surface area contributed by atoms with Gasteiger partial charge in [-0.1, -0.05) is 0 Å². The molecule has 108 valence electrons. The first kappa shape index (κ1) is 15.3. The predicted octanol–water partition coefficient (Wildman–Crippen LogP) is 0.158. The third-order valence-electron chi connectivity index (χ3n) is 2.96. The molecule has 7 heteroatoms. The van der Waals surface area contributed by atoms with Crippen molar-refractivity contribution in [2.75, 3.05) is 6.54 Å². The molecule has 0 spiro atoms. The van der Waals surface area contributed by atoms with Crippen molar-refractivity contribution in [3.8, 4) is 0 Å². The molecule has 0 aromatic rings. The number of carboxylic acid groups (broad SMARTS) is 1. The fraction of sp³-hybridized carbons (Fsp3) is 0.750. The second-order valence-electron chi connectivity index (χ2n) is 5.02. The van der Waals surface area contributed by atoms with Gasteiger partial charge >= 0.3 is 12.0 Å². The maximum Gasteiger partial charge on any atom is 0.325 e. The summed E-state index contributed by atoms with van der Waals surface area (Å²) in [5, 5.41) is 13.9. The van der Waals surface area contributed by atoms with Crippen LogP contribution >= 0.6 is 0 Å². The van der Waals surface area contributed by atoms with Gasteiger partial charge in [-0.05, 0) is 33.6 Å². The van der Waals surface area contributed by atoms with Crippen molar-refractivity contribution in [2.24, 2.45) is 0 Å². The molecular formula is C12H21N3O4. The van der Waals surface area contributed by atoms with Crippen molar-refractivity contribution >= 4 is 17.9 Å². The fourth-order valence-electron chi connectivity index (χ4n) is 1.98. The van der Waals surface area contributed by atoms with Gasteiger partial charge in [-0.25, -0.2) is 4.79 Å². The lowest BCUT2D eigenvalue weighted by atomic mass is 10.2. The number of carbonyl (C=O) groups excluding carboxylic acids is 2. The monoisotopic (exact) mass is 271 g/mol. The van der Waals surface area contributed by atoms with Crippen molar-refractivity contribution in [1.82, 2.24) is 15.5 Å². The third-order valence-corrected chi connectivity index (χ3v) is 2.96. The maximum atomic E-state index is 12.0. The normalized spacial score (nSPS) is 20.2. The molecule has 0 unspecified atom stereocenters. The van der Waals surface area contributed by atoms with Gasteiger partial charge in [-0.15, -0.1) is 0 Å². The molecule has 1 rings (SSSR count). The largest absolute Gasteiger partial charge is 0.480 e. The van der Waals surface area contributed by atoms with Crippen LogP contribution in [0.2, 0.25) is 0 Å². The van der Waals surface area contributed by atoms with Gasteiger partial charge in [0.25, 0.3) is 0 Å². The smallest absolute Gasteiger partial charge is 0.325 e. The summed E-state index contributed by atoms with van der Waals surface area (Å²) in [6, 6.07) is -1.82. The minimum Gasteiger partial charge on any atom is -0.480 e. The van der Waals surface area contributed by atoms with E-state index in [4.69, 9.17) is 5.11 Å². The minimum absolute atomic E-state index is 0.00486. The van der Waals surface area contributed by atoms with E-state index in [0.29, 0.717) is 13.0 Å². The molecule has 7 nitrogen and oxygen atoms in total. The molecule has 0 bridgehead atoms. The number of hydrogen-bond donors (Lipinski definition) is 3. The van der Waals surface area contributed by atoms with Gasteiger partial charge in [0.2, 0.25) is 5.91 Å². The first-order valence-corrected chi connectivity index (χ1v) is 6.43. The Morgan fingerprint density at radius 2 is 1.84 bits per heavy atom. The number of nitrogens with one attached hydrogen (secondary N) is 2. The van der Waals surface area contributed by atoms with E-state index in [2.05, 4.69) is 10.6 Å². The molecule has 0 saturated carbocycles. The van der Waals surface area contributed by atoms with Gasteiger partial charge in [-0.3, -0.25) is 9.59 Å². The molecule has 3 N–H and O–H groups in total. The summed E-state index contributed by atoms with van der Waals surface area (Å²) in [5.41, 5.74) is 0. The standard InChI is InChI=1S/C12H21N3O4/c1-7(2)13-12(19)15-6-4-5-9(15)10(16)14-8(3)11(17)18/h7-9H,4-6H2,1-3H3,(H,13,19)(H,14,16)(H,17,18)/t8-,9-/m0/s1. The van der Waals surface area contributed by atoms with Crippen LogP contribution in [0.1, 0.15) is 33.6 Å². The lowest BCUT2D eigenvalue weighted by molar-refractivity contribution is -0.141. The van der Waals surface area contributed by atoms with E-state index >= 15 is 0 Å². The van der Waals surface area contributed by atoms with Crippen LogP contribution in [-0.4, -0.2) is 52.6 Å². The van der Waals surface area contributed by atoms with Crippen LogP contribution in [0.4, 0.5) is 4.79 Å². The van der Waals surface area contributed by atoms with Crippen molar-refractivity contribution in [1.29, 1.82) is 0 Å². The summed E-state index contributed by atoms with van der Waals surface area (Å²) in [7, 11) is 0. The van der Waals surface area contributed by atoms with Crippen LogP contribution in [0.25, 0.3) is 0 Å². The molecule has 1 aliphatic heterocycles. The van der Waals surface area contributed by atoms with Crippen molar-refractivity contribution in [3.63, 3.8) is 0 Å². The van der Waals surface area contributed by atoms with E-state index in [-0.39, 0.29) is 12.1 Å². The predicted molar refractivity (Wildman–Crippen MR) is 68.6 cm³/mol. The molecule has 0 radical (unpaired) electrons. The Morgan fingerprint density at radius 3 is 2.37 bits per heavy atom. The summed E-state index contributed by atoms with van der Waals surface area (Å²) < 4.78 is 0. The van der Waals surface area contributed by atoms with E-state index < -0.39 is 24.0 Å². The molecule has 0 aromatic heterocycles. The van der Waals surface area contributed by atoms with E-state index in [1.807, 2.05) is 13.8 Å². The number of carbonyl (C=O) groups is 3. The number of amides is 3. The van der Waals surface area contributed by atoms with Crippen LogP contribution in [0.3, 0.4) is 0 Å². The first-order chi connectivity index (χ1) is 8.82. The minimum atomic E-state index is -1.09. The summed E-state index contributed by atoms with van der Waals surface area (Å²) in [6.45, 7) is 5.59. The third kappa shape index (κ3) is 4.11. The Kier molecular flexibility index (Phi) is 5.14. The zero-order chi connectivity index (χ0) is 14.6. The highest BCUT2D eigenvalue weighted by Gasteiger charge is 2.35. The SMILES string of the molecule is CC(C)NC(=O)N1CCC[C@H]1C(=O)N[C@@H](C)C(=O)O. The summed E-state index contributed by atoms with van der Waals surface area (Å²) in [6.07, 6.45) is 1.30. The van der Waals surface area contributed by atoms with Crippen LogP contribution in [-0.2, 0) is 9.59 Å². The molecule has 1 fully saturated rings. The van der Waals surface area contributed by atoms with Crippen LogP contribution in [0.5, 0.6) is 0 Å². The van der Waals surface area contributed by atoms with Gasteiger partial charge in [-0.2, -0.15) is 0 Å². The van der Waals surface area contributed by atoms with Crippen molar-refractivity contribution in [2.45, 2.75) is 51.7 Å². The first-order valence-electron chi connectivity index (χ1n) is 6.43. The molecule has 2 atom stereocenters. The zero-order valence-electron chi connectivity index (χ0n) is 11.5. The van der Waals surface area contributed by atoms with Gasteiger partial charge < -0.3 is 20.6 Å². The zero-order valence-corrected chi connectivity index (χ0v) is 11.5. The second-order valence-corrected chi connectivity index (χ2v) is 5.02. The van der Waals surface area contributed by atoms with E-state index in [1.165, 1.54) is 11.8 Å². The molecule has 1 aliphatic rings. The highest BCUT2D eigenvalue weighted by molar-refractivity contribution is 5.90. The Hall–Kier alpha value is -1.79.